The lowest BCUT2D eigenvalue weighted by atomic mass is 10.1. The van der Waals surface area contributed by atoms with Crippen molar-refractivity contribution in [1.29, 1.82) is 0 Å². The molecule has 1 aromatic heterocycles. The summed E-state index contributed by atoms with van der Waals surface area (Å²) in [4.78, 5) is 18.9. The van der Waals surface area contributed by atoms with Crippen LogP contribution < -0.4 is 5.32 Å². The van der Waals surface area contributed by atoms with Crippen molar-refractivity contribution in [2.24, 2.45) is 0 Å². The van der Waals surface area contributed by atoms with Gasteiger partial charge in [-0.25, -0.2) is 0 Å². The molecule has 0 atom stereocenters. The summed E-state index contributed by atoms with van der Waals surface area (Å²) in [5.41, 5.74) is 1.58. The van der Waals surface area contributed by atoms with Crippen LogP contribution in [-0.4, -0.2) is 36.4 Å². The van der Waals surface area contributed by atoms with Gasteiger partial charge in [-0.2, -0.15) is 0 Å². The van der Waals surface area contributed by atoms with Crippen LogP contribution in [0.1, 0.15) is 6.42 Å². The molecular formula is C14H17N3OS. The number of carbonyl (C=O) groups is 1. The maximum Gasteiger partial charge on any atom is 0.225 e. The van der Waals surface area contributed by atoms with E-state index in [0.29, 0.717) is 6.42 Å². The Labute approximate surface area is 118 Å². The van der Waals surface area contributed by atoms with Crippen molar-refractivity contribution in [3.8, 4) is 0 Å². The van der Waals surface area contributed by atoms with Gasteiger partial charge in [0.1, 0.15) is 0 Å². The van der Waals surface area contributed by atoms with E-state index in [1.165, 1.54) is 0 Å². The van der Waals surface area contributed by atoms with E-state index >= 15 is 0 Å². The summed E-state index contributed by atoms with van der Waals surface area (Å²) in [6.07, 6.45) is 2.19. The highest BCUT2D eigenvalue weighted by Gasteiger charge is 2.08. The van der Waals surface area contributed by atoms with E-state index in [0.717, 1.165) is 28.0 Å². The minimum absolute atomic E-state index is 0.00534. The molecule has 1 amide bonds. The van der Waals surface area contributed by atoms with E-state index in [2.05, 4.69) is 22.9 Å². The van der Waals surface area contributed by atoms with Crippen LogP contribution in [0.4, 0.5) is 5.69 Å². The van der Waals surface area contributed by atoms with E-state index in [-0.39, 0.29) is 5.91 Å². The predicted molar refractivity (Wildman–Crippen MR) is 80.8 cm³/mol. The number of aromatic nitrogens is 1. The second kappa shape index (κ2) is 6.04. The van der Waals surface area contributed by atoms with Crippen molar-refractivity contribution >= 4 is 35.1 Å². The fourth-order valence-electron chi connectivity index (χ4n) is 1.80. The Morgan fingerprint density at radius 2 is 2.16 bits per heavy atom. The molecule has 0 fully saturated rings. The Balaban J connectivity index is 2.21. The van der Waals surface area contributed by atoms with Crippen molar-refractivity contribution in [3.05, 3.63) is 30.5 Å². The first kappa shape index (κ1) is 13.8. The number of amides is 1. The van der Waals surface area contributed by atoms with Crippen LogP contribution in [0.2, 0.25) is 0 Å². The number of nitrogens with one attached hydrogen (secondary N) is 1. The average Bonchev–Trinajstić information content (AvgIpc) is 2.40. The molecule has 0 bridgehead atoms. The fraction of sp³-hybridized carbons (Fsp3) is 0.286. The van der Waals surface area contributed by atoms with E-state index < -0.39 is 0 Å². The van der Waals surface area contributed by atoms with Gasteiger partial charge >= 0.3 is 0 Å². The standard InChI is InChI=1S/C14H17N3OS/c1-17(2)9-7-13(18)16-11-5-6-12(19)14-10(11)4-3-8-15-14/h3-6,8,19H,7,9H2,1-2H3,(H,16,18). The molecule has 1 N–H and O–H groups in total. The van der Waals surface area contributed by atoms with Gasteiger partial charge in [0, 0.05) is 29.4 Å². The number of rotatable bonds is 4. The van der Waals surface area contributed by atoms with Crippen molar-refractivity contribution in [2.75, 3.05) is 26.0 Å². The van der Waals surface area contributed by atoms with Gasteiger partial charge in [0.05, 0.1) is 11.2 Å². The number of nitrogens with zero attached hydrogens (tertiary/aromatic N) is 2. The third-order valence-electron chi connectivity index (χ3n) is 2.81. The Bertz CT molecular complexity index is 598. The summed E-state index contributed by atoms with van der Waals surface area (Å²) < 4.78 is 0. The SMILES string of the molecule is CN(C)CCC(=O)Nc1ccc(S)c2ncccc12. The molecular weight excluding hydrogens is 258 g/mol. The summed E-state index contributed by atoms with van der Waals surface area (Å²) in [6.45, 7) is 0.729. The quantitative estimate of drug-likeness (QED) is 0.842. The lowest BCUT2D eigenvalue weighted by molar-refractivity contribution is -0.116. The molecule has 0 unspecified atom stereocenters. The number of carbonyl (C=O) groups excluding carboxylic acids is 1. The lowest BCUT2D eigenvalue weighted by Gasteiger charge is -2.11. The van der Waals surface area contributed by atoms with Crippen molar-refractivity contribution in [2.45, 2.75) is 11.3 Å². The third kappa shape index (κ3) is 3.45. The van der Waals surface area contributed by atoms with Crippen LogP contribution in [0.5, 0.6) is 0 Å². The van der Waals surface area contributed by atoms with Crippen molar-refractivity contribution in [3.63, 3.8) is 0 Å². The first-order valence-electron chi connectivity index (χ1n) is 6.09. The second-order valence-corrected chi connectivity index (χ2v) is 5.12. The minimum atomic E-state index is 0.00534. The molecule has 0 saturated heterocycles. The zero-order valence-corrected chi connectivity index (χ0v) is 11.9. The molecule has 0 aliphatic carbocycles. The highest BCUT2D eigenvalue weighted by atomic mass is 32.1. The van der Waals surface area contributed by atoms with Gasteiger partial charge in [-0.05, 0) is 38.4 Å². The molecule has 100 valence electrons. The molecule has 19 heavy (non-hydrogen) atoms. The monoisotopic (exact) mass is 275 g/mol. The Morgan fingerprint density at radius 1 is 1.37 bits per heavy atom. The normalized spacial score (nSPS) is 10.9. The third-order valence-corrected chi connectivity index (χ3v) is 3.17. The van der Waals surface area contributed by atoms with Crippen LogP contribution in [0.15, 0.2) is 35.4 Å². The van der Waals surface area contributed by atoms with Gasteiger partial charge in [-0.1, -0.05) is 0 Å². The zero-order valence-electron chi connectivity index (χ0n) is 11.1. The van der Waals surface area contributed by atoms with Gasteiger partial charge in [0.15, 0.2) is 0 Å². The summed E-state index contributed by atoms with van der Waals surface area (Å²) in [5.74, 6) is 0.00534. The number of hydrogen-bond donors (Lipinski definition) is 2. The topological polar surface area (TPSA) is 45.2 Å². The predicted octanol–water partition coefficient (Wildman–Crippen LogP) is 2.41. The summed E-state index contributed by atoms with van der Waals surface area (Å²) in [7, 11) is 3.89. The Morgan fingerprint density at radius 3 is 2.89 bits per heavy atom. The maximum absolute atomic E-state index is 11.9. The highest BCUT2D eigenvalue weighted by molar-refractivity contribution is 7.80. The first-order chi connectivity index (χ1) is 9.08. The molecule has 1 heterocycles. The molecule has 4 nitrogen and oxygen atoms in total. The van der Waals surface area contributed by atoms with Gasteiger partial charge in [0.25, 0.3) is 0 Å². The molecule has 0 spiro atoms. The van der Waals surface area contributed by atoms with Gasteiger partial charge in [0.2, 0.25) is 5.91 Å². The molecule has 1 aromatic carbocycles. The number of pyridine rings is 1. The van der Waals surface area contributed by atoms with E-state index in [1.807, 2.05) is 43.3 Å². The number of thiol groups is 1. The van der Waals surface area contributed by atoms with E-state index in [9.17, 15) is 4.79 Å². The summed E-state index contributed by atoms with van der Waals surface area (Å²) >= 11 is 4.37. The number of fused-ring (bicyclic) bond motifs is 1. The first-order valence-corrected chi connectivity index (χ1v) is 6.54. The molecule has 0 aliphatic heterocycles. The van der Waals surface area contributed by atoms with E-state index in [4.69, 9.17) is 0 Å². The van der Waals surface area contributed by atoms with Gasteiger partial charge < -0.3 is 10.2 Å². The number of benzene rings is 1. The van der Waals surface area contributed by atoms with Crippen LogP contribution in [0.25, 0.3) is 10.9 Å². The van der Waals surface area contributed by atoms with Crippen molar-refractivity contribution < 1.29 is 4.79 Å². The smallest absolute Gasteiger partial charge is 0.225 e. The minimum Gasteiger partial charge on any atom is -0.325 e. The molecule has 2 aromatic rings. The maximum atomic E-state index is 11.9. The highest BCUT2D eigenvalue weighted by Crippen LogP contribution is 2.26. The summed E-state index contributed by atoms with van der Waals surface area (Å²) in [5, 5.41) is 3.84. The lowest BCUT2D eigenvalue weighted by Crippen LogP contribution is -2.20. The Hall–Kier alpha value is -1.59. The second-order valence-electron chi connectivity index (χ2n) is 4.63. The number of hydrogen-bond acceptors (Lipinski definition) is 4. The van der Waals surface area contributed by atoms with Crippen LogP contribution >= 0.6 is 12.6 Å². The molecule has 0 saturated carbocycles. The van der Waals surface area contributed by atoms with E-state index in [1.54, 1.807) is 6.20 Å². The molecule has 2 rings (SSSR count). The average molecular weight is 275 g/mol. The Kier molecular flexibility index (Phi) is 4.39. The van der Waals surface area contributed by atoms with Crippen LogP contribution in [0.3, 0.4) is 0 Å². The van der Waals surface area contributed by atoms with Crippen LogP contribution in [0, 0.1) is 0 Å². The zero-order chi connectivity index (χ0) is 13.8. The van der Waals surface area contributed by atoms with Gasteiger partial charge in [-0.15, -0.1) is 12.6 Å². The summed E-state index contributed by atoms with van der Waals surface area (Å²) in [6, 6.07) is 7.49. The van der Waals surface area contributed by atoms with Crippen molar-refractivity contribution in [1.82, 2.24) is 9.88 Å². The largest absolute Gasteiger partial charge is 0.325 e. The molecule has 0 radical (unpaired) electrons. The molecule has 5 heteroatoms. The fourth-order valence-corrected chi connectivity index (χ4v) is 2.06. The number of anilines is 1. The molecule has 0 aliphatic rings. The van der Waals surface area contributed by atoms with Gasteiger partial charge in [-0.3, -0.25) is 9.78 Å². The van der Waals surface area contributed by atoms with Crippen LogP contribution in [-0.2, 0) is 4.79 Å².